The Kier molecular flexibility index (Phi) is 7.82. The number of rotatable bonds is 6. The first-order valence-electron chi connectivity index (χ1n) is 12.1. The van der Waals surface area contributed by atoms with Gasteiger partial charge >= 0.3 is 0 Å². The van der Waals surface area contributed by atoms with Crippen molar-refractivity contribution in [3.8, 4) is 17.6 Å². The Bertz CT molecular complexity index is 1220. The molecule has 188 valence electrons. The molecule has 0 amide bonds. The number of fused-ring (bicyclic) bond motifs is 1. The van der Waals surface area contributed by atoms with Crippen LogP contribution in [-0.4, -0.2) is 61.6 Å². The minimum absolute atomic E-state index is 0.0828. The van der Waals surface area contributed by atoms with E-state index in [1.807, 2.05) is 24.9 Å². The highest BCUT2D eigenvalue weighted by Crippen LogP contribution is 2.34. The van der Waals surface area contributed by atoms with Gasteiger partial charge in [0.2, 0.25) is 10.0 Å². The van der Waals surface area contributed by atoms with Gasteiger partial charge in [-0.3, -0.25) is 4.90 Å². The SMILES string of the molecule is C[C@@H]1CN([C@H](C)CO)S(=O)(=O)c2ccc(C#CC3CC3)cc2O[C@@H]1CN(C)Cc1cccc(F)c1. The molecule has 0 radical (unpaired) electrons. The maximum absolute atomic E-state index is 13.6. The number of ether oxygens (including phenoxy) is 1. The molecule has 1 saturated carbocycles. The Labute approximate surface area is 207 Å². The molecule has 3 atom stereocenters. The van der Waals surface area contributed by atoms with E-state index in [-0.39, 0.29) is 41.6 Å². The third kappa shape index (κ3) is 6.22. The van der Waals surface area contributed by atoms with Crippen molar-refractivity contribution in [2.45, 2.75) is 50.3 Å². The summed E-state index contributed by atoms with van der Waals surface area (Å²) in [6.07, 6.45) is 1.88. The fraction of sp³-hybridized carbons (Fsp3) is 0.481. The van der Waals surface area contributed by atoms with E-state index in [0.29, 0.717) is 24.6 Å². The molecule has 2 aromatic rings. The molecule has 1 aliphatic carbocycles. The Morgan fingerprint density at radius 2 is 2.03 bits per heavy atom. The molecule has 6 nitrogen and oxygen atoms in total. The Hall–Kier alpha value is -2.44. The molecule has 35 heavy (non-hydrogen) atoms. The molecule has 0 saturated heterocycles. The van der Waals surface area contributed by atoms with Crippen LogP contribution in [0.4, 0.5) is 4.39 Å². The summed E-state index contributed by atoms with van der Waals surface area (Å²) in [7, 11) is -1.95. The number of likely N-dealkylation sites (N-methyl/N-ethyl adjacent to an activating group) is 1. The molecule has 0 spiro atoms. The van der Waals surface area contributed by atoms with E-state index >= 15 is 0 Å². The van der Waals surface area contributed by atoms with Crippen LogP contribution < -0.4 is 4.74 Å². The van der Waals surface area contributed by atoms with Gasteiger partial charge < -0.3 is 9.84 Å². The molecule has 1 heterocycles. The van der Waals surface area contributed by atoms with Crippen molar-refractivity contribution in [1.29, 1.82) is 0 Å². The number of hydrogen-bond acceptors (Lipinski definition) is 5. The van der Waals surface area contributed by atoms with Gasteiger partial charge in [-0.15, -0.1) is 0 Å². The zero-order valence-electron chi connectivity index (χ0n) is 20.4. The summed E-state index contributed by atoms with van der Waals surface area (Å²) < 4.78 is 48.5. The van der Waals surface area contributed by atoms with E-state index in [1.165, 1.54) is 16.4 Å². The van der Waals surface area contributed by atoms with Crippen molar-refractivity contribution >= 4 is 10.0 Å². The average molecular weight is 501 g/mol. The van der Waals surface area contributed by atoms with Crippen molar-refractivity contribution in [2.75, 3.05) is 26.7 Å². The van der Waals surface area contributed by atoms with E-state index in [4.69, 9.17) is 4.74 Å². The minimum Gasteiger partial charge on any atom is -0.487 e. The van der Waals surface area contributed by atoms with E-state index in [2.05, 4.69) is 11.8 Å². The van der Waals surface area contributed by atoms with Gasteiger partial charge in [0.25, 0.3) is 0 Å². The van der Waals surface area contributed by atoms with Crippen LogP contribution in [0.1, 0.15) is 37.8 Å². The van der Waals surface area contributed by atoms with Crippen LogP contribution in [0.2, 0.25) is 0 Å². The molecule has 0 aromatic heterocycles. The predicted octanol–water partition coefficient (Wildman–Crippen LogP) is 3.49. The monoisotopic (exact) mass is 500 g/mol. The van der Waals surface area contributed by atoms with Gasteiger partial charge in [0.1, 0.15) is 22.6 Å². The topological polar surface area (TPSA) is 70.1 Å². The summed E-state index contributed by atoms with van der Waals surface area (Å²) in [6, 6.07) is 10.9. The standard InChI is InChI=1S/C27H33FN2O4S/c1-19-15-30(20(2)18-31)35(32,33)27-12-11-22(10-9-21-7-8-21)14-25(27)34-26(19)17-29(3)16-23-5-4-6-24(28)13-23/h4-6,11-14,19-21,26,31H,7-8,15-18H2,1-3H3/t19-,20-,26-/m1/s1. The van der Waals surface area contributed by atoms with Gasteiger partial charge in [0, 0.05) is 43.1 Å². The smallest absolute Gasteiger partial charge is 0.247 e. The van der Waals surface area contributed by atoms with Crippen molar-refractivity contribution < 1.29 is 22.7 Å². The maximum atomic E-state index is 13.6. The van der Waals surface area contributed by atoms with Crippen LogP contribution in [0.15, 0.2) is 47.4 Å². The minimum atomic E-state index is -3.88. The quantitative estimate of drug-likeness (QED) is 0.615. The number of sulfonamides is 1. The van der Waals surface area contributed by atoms with Gasteiger partial charge in [-0.2, -0.15) is 4.31 Å². The van der Waals surface area contributed by atoms with Crippen LogP contribution in [0.5, 0.6) is 5.75 Å². The molecule has 1 N–H and O–H groups in total. The second-order valence-electron chi connectivity index (χ2n) is 9.77. The molecule has 1 fully saturated rings. The molecule has 8 heteroatoms. The van der Waals surface area contributed by atoms with Gasteiger partial charge in [0.05, 0.1) is 6.61 Å². The number of aliphatic hydroxyl groups excluding tert-OH is 1. The Balaban J connectivity index is 1.66. The van der Waals surface area contributed by atoms with Gasteiger partial charge in [-0.1, -0.05) is 30.9 Å². The van der Waals surface area contributed by atoms with Crippen LogP contribution in [0.3, 0.4) is 0 Å². The molecule has 2 aliphatic rings. The van der Waals surface area contributed by atoms with E-state index in [0.717, 1.165) is 18.4 Å². The van der Waals surface area contributed by atoms with Crippen LogP contribution >= 0.6 is 0 Å². The van der Waals surface area contributed by atoms with Gasteiger partial charge in [-0.05, 0) is 62.7 Å². The lowest BCUT2D eigenvalue weighted by molar-refractivity contribution is 0.0733. The molecule has 2 aromatic carbocycles. The first-order chi connectivity index (χ1) is 16.7. The zero-order chi connectivity index (χ0) is 25.2. The first-order valence-corrected chi connectivity index (χ1v) is 13.5. The second kappa shape index (κ2) is 10.7. The number of nitrogens with zero attached hydrogens (tertiary/aromatic N) is 2. The summed E-state index contributed by atoms with van der Waals surface area (Å²) in [5.74, 6) is 6.61. The van der Waals surface area contributed by atoms with Gasteiger partial charge in [-0.25, -0.2) is 12.8 Å². The highest BCUT2D eigenvalue weighted by atomic mass is 32.2. The Morgan fingerprint density at radius 3 is 2.71 bits per heavy atom. The third-order valence-electron chi connectivity index (χ3n) is 6.50. The van der Waals surface area contributed by atoms with Crippen molar-refractivity contribution in [3.63, 3.8) is 0 Å². The number of benzene rings is 2. The normalized spacial score (nSPS) is 22.8. The summed E-state index contributed by atoms with van der Waals surface area (Å²) in [5.41, 5.74) is 1.56. The van der Waals surface area contributed by atoms with Crippen molar-refractivity contribution in [1.82, 2.24) is 9.21 Å². The fourth-order valence-electron chi connectivity index (χ4n) is 4.25. The largest absolute Gasteiger partial charge is 0.487 e. The van der Waals surface area contributed by atoms with Crippen LogP contribution in [0, 0.1) is 29.5 Å². The molecule has 0 bridgehead atoms. The molecule has 4 rings (SSSR count). The number of hydrogen-bond donors (Lipinski definition) is 1. The lowest BCUT2D eigenvalue weighted by atomic mass is 10.0. The summed E-state index contributed by atoms with van der Waals surface area (Å²) in [5, 5.41) is 9.79. The third-order valence-corrected chi connectivity index (χ3v) is 8.52. The predicted molar refractivity (Wildman–Crippen MR) is 133 cm³/mol. The van der Waals surface area contributed by atoms with Gasteiger partial charge in [0.15, 0.2) is 0 Å². The van der Waals surface area contributed by atoms with E-state index in [9.17, 15) is 17.9 Å². The first kappa shape index (κ1) is 25.6. The summed E-state index contributed by atoms with van der Waals surface area (Å²) >= 11 is 0. The second-order valence-corrected chi connectivity index (χ2v) is 11.6. The number of aliphatic hydroxyl groups is 1. The van der Waals surface area contributed by atoms with E-state index in [1.54, 1.807) is 31.2 Å². The highest BCUT2D eigenvalue weighted by Gasteiger charge is 2.38. The maximum Gasteiger partial charge on any atom is 0.247 e. The molecular weight excluding hydrogens is 467 g/mol. The lowest BCUT2D eigenvalue weighted by Crippen LogP contribution is -2.49. The average Bonchev–Trinajstić information content (AvgIpc) is 3.64. The molecular formula is C27H33FN2O4S. The van der Waals surface area contributed by atoms with Crippen LogP contribution in [0.25, 0.3) is 0 Å². The summed E-state index contributed by atoms with van der Waals surface area (Å²) in [4.78, 5) is 2.13. The molecule has 1 aliphatic heterocycles. The summed E-state index contributed by atoms with van der Waals surface area (Å²) in [6.45, 7) is 4.63. The van der Waals surface area contributed by atoms with Crippen LogP contribution in [-0.2, 0) is 16.6 Å². The van der Waals surface area contributed by atoms with E-state index < -0.39 is 16.1 Å². The highest BCUT2D eigenvalue weighted by molar-refractivity contribution is 7.89. The van der Waals surface area contributed by atoms with Crippen molar-refractivity contribution in [3.05, 3.63) is 59.4 Å². The zero-order valence-corrected chi connectivity index (χ0v) is 21.3. The Morgan fingerprint density at radius 1 is 1.26 bits per heavy atom. The molecule has 0 unspecified atom stereocenters. The number of halogens is 1. The lowest BCUT2D eigenvalue weighted by Gasteiger charge is -2.37. The van der Waals surface area contributed by atoms with Crippen molar-refractivity contribution in [2.24, 2.45) is 11.8 Å². The fourth-order valence-corrected chi connectivity index (χ4v) is 6.08.